The van der Waals surface area contributed by atoms with Gasteiger partial charge in [0, 0.05) is 18.5 Å². The van der Waals surface area contributed by atoms with E-state index in [1.54, 1.807) is 6.07 Å². The maximum absolute atomic E-state index is 11.0. The molecule has 2 aliphatic rings. The number of benzene rings is 1. The molecule has 1 atom stereocenters. The van der Waals surface area contributed by atoms with Gasteiger partial charge in [0.25, 0.3) is 0 Å². The lowest BCUT2D eigenvalue weighted by atomic mass is 9.71. The third-order valence-electron chi connectivity index (χ3n) is 5.50. The van der Waals surface area contributed by atoms with Crippen molar-refractivity contribution in [3.05, 3.63) is 47.7 Å². The van der Waals surface area contributed by atoms with Crippen molar-refractivity contribution >= 4 is 16.9 Å². The fourth-order valence-electron chi connectivity index (χ4n) is 4.31. The molecule has 0 saturated carbocycles. The molecule has 1 aromatic carbocycles. The number of carbonyl (C=O) groups is 1. The molecule has 1 aliphatic heterocycles. The van der Waals surface area contributed by atoms with Gasteiger partial charge in [-0.1, -0.05) is 18.2 Å². The first-order valence-electron chi connectivity index (χ1n) is 8.77. The summed E-state index contributed by atoms with van der Waals surface area (Å²) in [6, 6.07) is 7.62. The molecule has 1 fully saturated rings. The molecule has 1 saturated heterocycles. The van der Waals surface area contributed by atoms with Crippen LogP contribution in [0.1, 0.15) is 48.2 Å². The molecule has 0 amide bonds. The maximum atomic E-state index is 11.0. The highest BCUT2D eigenvalue weighted by atomic mass is 16.4. The smallest absolute Gasteiger partial charge is 0.371 e. The summed E-state index contributed by atoms with van der Waals surface area (Å²) >= 11 is 0. The van der Waals surface area contributed by atoms with Crippen LogP contribution in [0.3, 0.4) is 0 Å². The first-order chi connectivity index (χ1) is 11.6. The number of hydrogen-bond acceptors (Lipinski definition) is 3. The van der Waals surface area contributed by atoms with Crippen molar-refractivity contribution in [2.45, 2.75) is 38.6 Å². The van der Waals surface area contributed by atoms with Crippen molar-refractivity contribution in [3.8, 4) is 0 Å². The maximum Gasteiger partial charge on any atom is 0.371 e. The van der Waals surface area contributed by atoms with Crippen LogP contribution in [0.2, 0.25) is 0 Å². The number of carboxylic acids is 1. The second kappa shape index (κ2) is 6.10. The Bertz CT molecular complexity index is 791. The normalized spacial score (nSPS) is 24.7. The third-order valence-corrected chi connectivity index (χ3v) is 5.50. The summed E-state index contributed by atoms with van der Waals surface area (Å²) in [5, 5.41) is 9.92. The van der Waals surface area contributed by atoms with Crippen molar-refractivity contribution in [2.24, 2.45) is 5.41 Å². The number of fused-ring (bicyclic) bond motifs is 1. The van der Waals surface area contributed by atoms with Gasteiger partial charge in [-0.15, -0.1) is 0 Å². The number of hydrogen-bond donors (Lipinski definition) is 1. The number of likely N-dealkylation sites (tertiary alicyclic amines) is 1. The van der Waals surface area contributed by atoms with E-state index >= 15 is 0 Å². The summed E-state index contributed by atoms with van der Waals surface area (Å²) in [7, 11) is 0. The minimum absolute atomic E-state index is 0.00747. The van der Waals surface area contributed by atoms with Crippen LogP contribution >= 0.6 is 0 Å². The molecule has 4 heteroatoms. The predicted molar refractivity (Wildman–Crippen MR) is 93.1 cm³/mol. The van der Waals surface area contributed by atoms with Gasteiger partial charge in [-0.2, -0.15) is 0 Å². The fourth-order valence-corrected chi connectivity index (χ4v) is 4.31. The summed E-state index contributed by atoms with van der Waals surface area (Å²) in [6.45, 7) is 3.24. The van der Waals surface area contributed by atoms with Gasteiger partial charge < -0.3 is 9.52 Å². The molecule has 4 nitrogen and oxygen atoms in total. The second-order valence-corrected chi connectivity index (χ2v) is 7.32. The first-order valence-corrected chi connectivity index (χ1v) is 8.77. The standard InChI is InChI=1S/C20H23NO3/c22-19(23)18-12-16-11-15(5-6-17(16)24-18)13-21-10-4-9-20(14-21)7-2-1-3-8-20/h1-2,5-6,11-12H,3-4,7-10,13-14H2,(H,22,23). The van der Waals surface area contributed by atoms with Crippen LogP contribution in [-0.4, -0.2) is 29.1 Å². The predicted octanol–water partition coefficient (Wildman–Crippen LogP) is 4.45. The topological polar surface area (TPSA) is 53.7 Å². The van der Waals surface area contributed by atoms with Gasteiger partial charge in [0.05, 0.1) is 0 Å². The van der Waals surface area contributed by atoms with Gasteiger partial charge in [0.2, 0.25) is 5.76 Å². The molecule has 24 heavy (non-hydrogen) atoms. The number of rotatable bonds is 3. The van der Waals surface area contributed by atoms with Crippen molar-refractivity contribution in [1.82, 2.24) is 4.90 Å². The van der Waals surface area contributed by atoms with Crippen LogP contribution in [0.25, 0.3) is 11.0 Å². The van der Waals surface area contributed by atoms with Crippen molar-refractivity contribution in [1.29, 1.82) is 0 Å². The molecule has 1 aliphatic carbocycles. The first kappa shape index (κ1) is 15.5. The Labute approximate surface area is 141 Å². The zero-order chi connectivity index (χ0) is 16.6. The highest BCUT2D eigenvalue weighted by Gasteiger charge is 2.34. The van der Waals surface area contributed by atoms with E-state index in [2.05, 4.69) is 29.2 Å². The highest BCUT2D eigenvalue weighted by molar-refractivity contribution is 5.91. The van der Waals surface area contributed by atoms with E-state index in [0.717, 1.165) is 18.5 Å². The number of carboxylic acid groups (broad SMARTS) is 1. The summed E-state index contributed by atoms with van der Waals surface area (Å²) < 4.78 is 5.34. The zero-order valence-electron chi connectivity index (χ0n) is 13.8. The van der Waals surface area contributed by atoms with Gasteiger partial charge >= 0.3 is 5.97 Å². The average Bonchev–Trinajstić information content (AvgIpc) is 2.99. The molecule has 1 unspecified atom stereocenters. The fraction of sp³-hybridized carbons (Fsp3) is 0.450. The average molecular weight is 325 g/mol. The lowest BCUT2D eigenvalue weighted by Crippen LogP contribution is -2.43. The van der Waals surface area contributed by atoms with Crippen LogP contribution < -0.4 is 0 Å². The molecule has 1 aromatic heterocycles. The molecule has 0 bridgehead atoms. The lowest BCUT2D eigenvalue weighted by Gasteiger charge is -2.44. The summed E-state index contributed by atoms with van der Waals surface area (Å²) in [6.07, 6.45) is 11.0. The van der Waals surface area contributed by atoms with Crippen LogP contribution in [0, 0.1) is 5.41 Å². The monoisotopic (exact) mass is 325 g/mol. The number of furan rings is 1. The van der Waals surface area contributed by atoms with Crippen LogP contribution in [0.5, 0.6) is 0 Å². The second-order valence-electron chi connectivity index (χ2n) is 7.32. The molecule has 4 rings (SSSR count). The Morgan fingerprint density at radius 1 is 1.25 bits per heavy atom. The lowest BCUT2D eigenvalue weighted by molar-refractivity contribution is 0.0665. The quantitative estimate of drug-likeness (QED) is 0.847. The minimum atomic E-state index is -1.02. The van der Waals surface area contributed by atoms with E-state index in [9.17, 15) is 4.79 Å². The van der Waals surface area contributed by atoms with Crippen LogP contribution in [-0.2, 0) is 6.54 Å². The molecule has 2 heterocycles. The van der Waals surface area contributed by atoms with E-state index in [0.29, 0.717) is 11.0 Å². The highest BCUT2D eigenvalue weighted by Crippen LogP contribution is 2.41. The molecule has 126 valence electrons. The van der Waals surface area contributed by atoms with Gasteiger partial charge in [-0.05, 0) is 67.8 Å². The SMILES string of the molecule is O=C(O)c1cc2cc(CN3CCCC4(CC=CCC4)C3)ccc2o1. The summed E-state index contributed by atoms with van der Waals surface area (Å²) in [5.74, 6) is -1.01. The molecule has 0 radical (unpaired) electrons. The van der Waals surface area contributed by atoms with Crippen molar-refractivity contribution in [2.75, 3.05) is 13.1 Å². The molecular formula is C20H23NO3. The Morgan fingerprint density at radius 3 is 2.96 bits per heavy atom. The van der Waals surface area contributed by atoms with Crippen molar-refractivity contribution in [3.63, 3.8) is 0 Å². The van der Waals surface area contributed by atoms with Gasteiger partial charge in [-0.25, -0.2) is 4.79 Å². The number of aromatic carboxylic acids is 1. The Balaban J connectivity index is 1.51. The van der Waals surface area contributed by atoms with Crippen LogP contribution in [0.4, 0.5) is 0 Å². The van der Waals surface area contributed by atoms with Crippen molar-refractivity contribution < 1.29 is 14.3 Å². The molecule has 1 N–H and O–H groups in total. The van der Waals surface area contributed by atoms with Crippen LogP contribution in [0.15, 0.2) is 40.8 Å². The Morgan fingerprint density at radius 2 is 2.17 bits per heavy atom. The van der Waals surface area contributed by atoms with E-state index in [1.165, 1.54) is 44.2 Å². The van der Waals surface area contributed by atoms with E-state index < -0.39 is 5.97 Å². The minimum Gasteiger partial charge on any atom is -0.475 e. The van der Waals surface area contributed by atoms with Gasteiger partial charge in [0.15, 0.2) is 0 Å². The van der Waals surface area contributed by atoms with Gasteiger partial charge in [0.1, 0.15) is 5.58 Å². The number of allylic oxidation sites excluding steroid dienone is 2. The van der Waals surface area contributed by atoms with E-state index in [1.807, 2.05) is 6.07 Å². The van der Waals surface area contributed by atoms with E-state index in [4.69, 9.17) is 9.52 Å². The number of piperidine rings is 1. The molecule has 1 spiro atoms. The largest absolute Gasteiger partial charge is 0.475 e. The summed E-state index contributed by atoms with van der Waals surface area (Å²) in [5.41, 5.74) is 2.34. The molecular weight excluding hydrogens is 302 g/mol. The number of nitrogens with zero attached hydrogens (tertiary/aromatic N) is 1. The van der Waals surface area contributed by atoms with E-state index in [-0.39, 0.29) is 5.76 Å². The van der Waals surface area contributed by atoms with Gasteiger partial charge in [-0.3, -0.25) is 4.90 Å². The third kappa shape index (κ3) is 2.98. The molecule has 2 aromatic rings. The Hall–Kier alpha value is -2.07. The summed E-state index contributed by atoms with van der Waals surface area (Å²) in [4.78, 5) is 13.6. The zero-order valence-corrected chi connectivity index (χ0v) is 13.8. The Kier molecular flexibility index (Phi) is 3.93.